The van der Waals surface area contributed by atoms with E-state index in [9.17, 15) is 4.79 Å². The normalized spacial score (nSPS) is 25.0. The molecule has 2 fully saturated rings. The number of hydrogen-bond donors (Lipinski definition) is 2. The molecule has 1 saturated carbocycles. The largest absolute Gasteiger partial charge is 0.348 e. The summed E-state index contributed by atoms with van der Waals surface area (Å²) in [6, 6.07) is 2.19. The highest BCUT2D eigenvalue weighted by atomic mass is 79.9. The Hall–Kier alpha value is 0.0900. The van der Waals surface area contributed by atoms with Crippen LogP contribution in [0, 0.1) is 0 Å². The third-order valence-electron chi connectivity index (χ3n) is 4.64. The zero-order chi connectivity index (χ0) is 14.9. The maximum Gasteiger partial charge on any atom is 0.261 e. The highest BCUT2D eigenvalue weighted by molar-refractivity contribution is 9.13. The molecule has 2 aliphatic rings. The van der Waals surface area contributed by atoms with Gasteiger partial charge < -0.3 is 10.6 Å². The van der Waals surface area contributed by atoms with Gasteiger partial charge in [0.25, 0.3) is 5.91 Å². The summed E-state index contributed by atoms with van der Waals surface area (Å²) in [7, 11) is 0. The van der Waals surface area contributed by atoms with Gasteiger partial charge >= 0.3 is 0 Å². The molecule has 0 aromatic carbocycles. The van der Waals surface area contributed by atoms with Crippen molar-refractivity contribution in [3.8, 4) is 0 Å². The van der Waals surface area contributed by atoms with Gasteiger partial charge in [-0.25, -0.2) is 0 Å². The molecular formula is C15H20Br2N2OS. The molecule has 1 spiro atoms. The molecule has 1 amide bonds. The topological polar surface area (TPSA) is 41.1 Å². The molecule has 3 nitrogen and oxygen atoms in total. The van der Waals surface area contributed by atoms with Crippen LogP contribution in [-0.4, -0.2) is 24.0 Å². The number of halogens is 2. The first-order valence-corrected chi connectivity index (χ1v) is 9.99. The Kier molecular flexibility index (Phi) is 5.08. The Bertz CT molecular complexity index is 501. The van der Waals surface area contributed by atoms with E-state index in [1.54, 1.807) is 0 Å². The lowest BCUT2D eigenvalue weighted by Gasteiger charge is -2.44. The molecule has 1 aromatic heterocycles. The fourth-order valence-corrected chi connectivity index (χ4v) is 5.54. The lowest BCUT2D eigenvalue weighted by atomic mass is 9.75. The minimum Gasteiger partial charge on any atom is -0.348 e. The minimum absolute atomic E-state index is 0.0595. The number of amides is 1. The van der Waals surface area contributed by atoms with E-state index in [4.69, 9.17) is 0 Å². The van der Waals surface area contributed by atoms with Crippen molar-refractivity contribution in [1.82, 2.24) is 10.6 Å². The number of carbonyl (C=O) groups is 1. The fraction of sp³-hybridized carbons (Fsp3) is 0.667. The fourth-order valence-electron chi connectivity index (χ4n) is 3.61. The molecule has 0 radical (unpaired) electrons. The Labute approximate surface area is 146 Å². The van der Waals surface area contributed by atoms with Crippen molar-refractivity contribution >= 4 is 49.1 Å². The van der Waals surface area contributed by atoms with Gasteiger partial charge in [0, 0.05) is 16.1 Å². The summed E-state index contributed by atoms with van der Waals surface area (Å²) in [5.41, 5.74) is 0.283. The molecule has 1 atom stereocenters. The lowest BCUT2D eigenvalue weighted by Crippen LogP contribution is -2.57. The van der Waals surface area contributed by atoms with E-state index >= 15 is 0 Å². The van der Waals surface area contributed by atoms with Gasteiger partial charge in [-0.15, -0.1) is 11.3 Å². The molecule has 116 valence electrons. The summed E-state index contributed by atoms with van der Waals surface area (Å²) in [6.07, 6.45) is 8.62. The summed E-state index contributed by atoms with van der Waals surface area (Å²) in [4.78, 5) is 13.2. The zero-order valence-corrected chi connectivity index (χ0v) is 15.9. The van der Waals surface area contributed by atoms with Crippen molar-refractivity contribution in [1.29, 1.82) is 0 Å². The molecular weight excluding hydrogens is 416 g/mol. The van der Waals surface area contributed by atoms with Gasteiger partial charge in [-0.3, -0.25) is 4.79 Å². The molecule has 1 saturated heterocycles. The van der Waals surface area contributed by atoms with Gasteiger partial charge in [-0.05, 0) is 70.2 Å². The summed E-state index contributed by atoms with van der Waals surface area (Å²) < 4.78 is 1.92. The van der Waals surface area contributed by atoms with Crippen LogP contribution in [-0.2, 0) is 0 Å². The number of carbonyl (C=O) groups excluding carboxylic acids is 1. The van der Waals surface area contributed by atoms with Crippen molar-refractivity contribution in [2.24, 2.45) is 0 Å². The molecule has 1 unspecified atom stereocenters. The maximum atomic E-state index is 12.4. The van der Waals surface area contributed by atoms with Crippen molar-refractivity contribution < 1.29 is 4.79 Å². The van der Waals surface area contributed by atoms with Crippen LogP contribution in [0.1, 0.15) is 54.6 Å². The van der Waals surface area contributed by atoms with Gasteiger partial charge in [-0.1, -0.05) is 19.3 Å². The van der Waals surface area contributed by atoms with Gasteiger partial charge in [0.1, 0.15) is 0 Å². The van der Waals surface area contributed by atoms with Crippen molar-refractivity contribution in [3.05, 3.63) is 19.2 Å². The Balaban J connectivity index is 1.63. The van der Waals surface area contributed by atoms with E-state index in [0.717, 1.165) is 32.5 Å². The van der Waals surface area contributed by atoms with E-state index in [0.29, 0.717) is 6.04 Å². The third-order valence-corrected chi connectivity index (χ3v) is 7.90. The van der Waals surface area contributed by atoms with Gasteiger partial charge in [0.15, 0.2) is 0 Å². The molecule has 21 heavy (non-hydrogen) atoms. The molecule has 2 heterocycles. The molecule has 1 aromatic rings. The summed E-state index contributed by atoms with van der Waals surface area (Å²) in [6.45, 7) is 1.02. The van der Waals surface area contributed by atoms with Crippen LogP contribution in [0.3, 0.4) is 0 Å². The van der Waals surface area contributed by atoms with E-state index in [1.807, 2.05) is 6.07 Å². The number of piperidine rings is 1. The second kappa shape index (κ2) is 6.69. The van der Waals surface area contributed by atoms with Crippen LogP contribution >= 0.6 is 43.2 Å². The van der Waals surface area contributed by atoms with Gasteiger partial charge in [0.05, 0.1) is 8.66 Å². The van der Waals surface area contributed by atoms with Crippen molar-refractivity contribution in [3.63, 3.8) is 0 Å². The standard InChI is InChI=1S/C15H20Br2N2OS/c16-11-8-12(21-13(11)17)14(20)19-10-4-7-18-15(9-10)5-2-1-3-6-15/h8,10,18H,1-7,9H2,(H,19,20). The molecule has 3 rings (SSSR count). The van der Waals surface area contributed by atoms with E-state index in [1.165, 1.54) is 43.4 Å². The average molecular weight is 436 g/mol. The highest BCUT2D eigenvalue weighted by Crippen LogP contribution is 2.35. The Morgan fingerprint density at radius 3 is 2.76 bits per heavy atom. The second-order valence-corrected chi connectivity index (χ2v) is 9.39. The first kappa shape index (κ1) is 16.0. The second-order valence-electron chi connectivity index (χ2n) is 6.16. The smallest absolute Gasteiger partial charge is 0.261 e. The van der Waals surface area contributed by atoms with Gasteiger partial charge in [0.2, 0.25) is 0 Å². The van der Waals surface area contributed by atoms with Crippen LogP contribution in [0.4, 0.5) is 0 Å². The zero-order valence-electron chi connectivity index (χ0n) is 11.9. The van der Waals surface area contributed by atoms with Crippen LogP contribution in [0.15, 0.2) is 14.3 Å². The maximum absolute atomic E-state index is 12.4. The number of hydrogen-bond acceptors (Lipinski definition) is 3. The highest BCUT2D eigenvalue weighted by Gasteiger charge is 2.37. The lowest BCUT2D eigenvalue weighted by molar-refractivity contribution is 0.0896. The molecule has 0 bridgehead atoms. The van der Waals surface area contributed by atoms with Crippen LogP contribution in [0.25, 0.3) is 0 Å². The molecule has 2 N–H and O–H groups in total. The SMILES string of the molecule is O=C(NC1CCNC2(CCCCC2)C1)c1cc(Br)c(Br)s1. The number of nitrogens with one attached hydrogen (secondary N) is 2. The molecule has 1 aliphatic heterocycles. The van der Waals surface area contributed by atoms with E-state index < -0.39 is 0 Å². The number of thiophene rings is 1. The molecule has 1 aliphatic carbocycles. The summed E-state index contributed by atoms with van der Waals surface area (Å²) in [5.74, 6) is 0.0595. The first-order valence-electron chi connectivity index (χ1n) is 7.59. The predicted octanol–water partition coefficient (Wildman–Crippen LogP) is 4.46. The third kappa shape index (κ3) is 3.71. The number of rotatable bonds is 2. The predicted molar refractivity (Wildman–Crippen MR) is 94.0 cm³/mol. The van der Waals surface area contributed by atoms with Crippen LogP contribution in [0.2, 0.25) is 0 Å². The van der Waals surface area contributed by atoms with E-state index in [-0.39, 0.29) is 11.4 Å². The minimum atomic E-state index is 0.0595. The monoisotopic (exact) mass is 434 g/mol. The quantitative estimate of drug-likeness (QED) is 0.719. The first-order chi connectivity index (χ1) is 10.1. The summed E-state index contributed by atoms with van der Waals surface area (Å²) >= 11 is 8.37. The van der Waals surface area contributed by atoms with Crippen molar-refractivity contribution in [2.75, 3.05) is 6.54 Å². The Morgan fingerprint density at radius 1 is 1.33 bits per heavy atom. The molecule has 6 heteroatoms. The van der Waals surface area contributed by atoms with E-state index in [2.05, 4.69) is 42.5 Å². The van der Waals surface area contributed by atoms with Crippen LogP contribution in [0.5, 0.6) is 0 Å². The van der Waals surface area contributed by atoms with Crippen LogP contribution < -0.4 is 10.6 Å². The Morgan fingerprint density at radius 2 is 2.10 bits per heavy atom. The van der Waals surface area contributed by atoms with Crippen molar-refractivity contribution in [2.45, 2.75) is 56.5 Å². The summed E-state index contributed by atoms with van der Waals surface area (Å²) in [5, 5.41) is 6.96. The van der Waals surface area contributed by atoms with Gasteiger partial charge in [-0.2, -0.15) is 0 Å². The average Bonchev–Trinajstić information content (AvgIpc) is 2.80.